The Kier molecular flexibility index (Phi) is 10.4. The van der Waals surface area contributed by atoms with Crippen LogP contribution < -0.4 is 9.62 Å². The number of nitrogens with one attached hydrogen (secondary N) is 1. The summed E-state index contributed by atoms with van der Waals surface area (Å²) in [5.41, 5.74) is 1.75. The van der Waals surface area contributed by atoms with Gasteiger partial charge in [0, 0.05) is 23.1 Å². The van der Waals surface area contributed by atoms with Gasteiger partial charge in [-0.1, -0.05) is 79.0 Å². The van der Waals surface area contributed by atoms with Crippen LogP contribution >= 0.6 is 23.2 Å². The molecule has 3 aromatic carbocycles. The molecule has 7 nitrogen and oxygen atoms in total. The molecule has 0 spiro atoms. The lowest BCUT2D eigenvalue weighted by molar-refractivity contribution is -0.139. The second-order valence-corrected chi connectivity index (χ2v) is 12.4. The number of benzene rings is 3. The van der Waals surface area contributed by atoms with E-state index in [4.69, 9.17) is 23.2 Å². The zero-order valence-electron chi connectivity index (χ0n) is 22.4. The van der Waals surface area contributed by atoms with Crippen molar-refractivity contribution in [2.75, 3.05) is 17.4 Å². The maximum atomic E-state index is 13.9. The maximum Gasteiger partial charge on any atom is 0.264 e. The molecule has 3 aromatic rings. The van der Waals surface area contributed by atoms with Crippen LogP contribution in [0.1, 0.15) is 31.9 Å². The van der Waals surface area contributed by atoms with Crippen LogP contribution in [-0.4, -0.2) is 44.3 Å². The summed E-state index contributed by atoms with van der Waals surface area (Å²) >= 11 is 12.6. The van der Waals surface area contributed by atoms with Gasteiger partial charge in [0.25, 0.3) is 10.0 Å². The largest absolute Gasteiger partial charge is 0.354 e. The van der Waals surface area contributed by atoms with Crippen molar-refractivity contribution in [1.82, 2.24) is 10.2 Å². The average Bonchev–Trinajstić information content (AvgIpc) is 2.89. The van der Waals surface area contributed by atoms with Gasteiger partial charge in [0.15, 0.2) is 0 Å². The van der Waals surface area contributed by atoms with E-state index in [9.17, 15) is 18.0 Å². The van der Waals surface area contributed by atoms with Gasteiger partial charge in [-0.3, -0.25) is 13.9 Å². The van der Waals surface area contributed by atoms with E-state index in [0.29, 0.717) is 22.2 Å². The van der Waals surface area contributed by atoms with Gasteiger partial charge in [0.2, 0.25) is 11.8 Å². The molecule has 3 rings (SSSR count). The minimum Gasteiger partial charge on any atom is -0.354 e. The topological polar surface area (TPSA) is 86.8 Å². The number of hydrogen-bond donors (Lipinski definition) is 1. The van der Waals surface area contributed by atoms with Crippen molar-refractivity contribution in [1.29, 1.82) is 0 Å². The summed E-state index contributed by atoms with van der Waals surface area (Å²) in [6.45, 7) is 7.31. The SMILES string of the molecule is Cc1ccc(S(=O)(=O)N(CC(=O)N(Cc2ccccc2Cl)[C@H](C)C(=O)NCC(C)C)c2cccc(Cl)c2)cc1. The molecule has 0 aliphatic carbocycles. The summed E-state index contributed by atoms with van der Waals surface area (Å²) in [5.74, 6) is -0.704. The molecule has 0 fully saturated rings. The van der Waals surface area contributed by atoms with Gasteiger partial charge in [-0.05, 0) is 61.7 Å². The molecule has 0 heterocycles. The molecule has 0 aliphatic heterocycles. The zero-order chi connectivity index (χ0) is 28.7. The number of halogens is 2. The van der Waals surface area contributed by atoms with Gasteiger partial charge in [0.05, 0.1) is 10.6 Å². The molecule has 1 N–H and O–H groups in total. The molecule has 208 valence electrons. The van der Waals surface area contributed by atoms with Crippen LogP contribution in [0.3, 0.4) is 0 Å². The molecule has 0 saturated carbocycles. The Bertz CT molecular complexity index is 1410. The van der Waals surface area contributed by atoms with Gasteiger partial charge in [-0.25, -0.2) is 8.42 Å². The second-order valence-electron chi connectivity index (χ2n) is 9.73. The molecule has 2 amide bonds. The highest BCUT2D eigenvalue weighted by molar-refractivity contribution is 7.92. The van der Waals surface area contributed by atoms with Gasteiger partial charge < -0.3 is 10.2 Å². The van der Waals surface area contributed by atoms with Crippen LogP contribution in [0.5, 0.6) is 0 Å². The van der Waals surface area contributed by atoms with Crippen molar-refractivity contribution >= 4 is 50.7 Å². The van der Waals surface area contributed by atoms with Crippen molar-refractivity contribution in [3.05, 3.63) is 94.0 Å². The summed E-state index contributed by atoms with van der Waals surface area (Å²) in [5, 5.41) is 3.61. The maximum absolute atomic E-state index is 13.9. The Morgan fingerprint density at radius 3 is 2.21 bits per heavy atom. The van der Waals surface area contributed by atoms with Crippen LogP contribution in [0.15, 0.2) is 77.7 Å². The van der Waals surface area contributed by atoms with Crippen LogP contribution in [0, 0.1) is 12.8 Å². The van der Waals surface area contributed by atoms with E-state index in [1.54, 1.807) is 61.5 Å². The fraction of sp³-hybridized carbons (Fsp3) is 0.310. The summed E-state index contributed by atoms with van der Waals surface area (Å²) in [4.78, 5) is 28.3. The molecule has 39 heavy (non-hydrogen) atoms. The highest BCUT2D eigenvalue weighted by Gasteiger charge is 2.33. The van der Waals surface area contributed by atoms with Gasteiger partial charge in [0.1, 0.15) is 12.6 Å². The fourth-order valence-electron chi connectivity index (χ4n) is 3.84. The zero-order valence-corrected chi connectivity index (χ0v) is 24.7. The summed E-state index contributed by atoms with van der Waals surface area (Å²) in [7, 11) is -4.16. The normalized spacial score (nSPS) is 12.2. The number of nitrogens with zero attached hydrogens (tertiary/aromatic N) is 2. The van der Waals surface area contributed by atoms with E-state index >= 15 is 0 Å². The van der Waals surface area contributed by atoms with Crippen LogP contribution in [0.25, 0.3) is 0 Å². The third-order valence-electron chi connectivity index (χ3n) is 6.13. The van der Waals surface area contributed by atoms with Crippen molar-refractivity contribution < 1.29 is 18.0 Å². The van der Waals surface area contributed by atoms with E-state index in [0.717, 1.165) is 9.87 Å². The lowest BCUT2D eigenvalue weighted by Gasteiger charge is -2.32. The lowest BCUT2D eigenvalue weighted by atomic mass is 10.1. The Balaban J connectivity index is 2.02. The number of sulfonamides is 1. The van der Waals surface area contributed by atoms with E-state index in [1.165, 1.54) is 23.1 Å². The molecule has 10 heteroatoms. The molecule has 0 unspecified atom stereocenters. The van der Waals surface area contributed by atoms with E-state index in [1.807, 2.05) is 20.8 Å². The lowest BCUT2D eigenvalue weighted by Crippen LogP contribution is -2.51. The molecular weight excluding hydrogens is 557 g/mol. The molecule has 0 aliphatic rings. The second kappa shape index (κ2) is 13.3. The predicted molar refractivity (Wildman–Crippen MR) is 156 cm³/mol. The number of amides is 2. The molecule has 0 saturated heterocycles. The van der Waals surface area contributed by atoms with Crippen LogP contribution in [0.2, 0.25) is 10.0 Å². The van der Waals surface area contributed by atoms with Gasteiger partial charge in [-0.15, -0.1) is 0 Å². The minimum absolute atomic E-state index is 0.0166. The molecule has 0 radical (unpaired) electrons. The summed E-state index contributed by atoms with van der Waals surface area (Å²) in [6.07, 6.45) is 0. The van der Waals surface area contributed by atoms with Crippen LogP contribution in [-0.2, 0) is 26.2 Å². The molecule has 0 bridgehead atoms. The average molecular weight is 591 g/mol. The highest BCUT2D eigenvalue weighted by atomic mass is 35.5. The minimum atomic E-state index is -4.16. The first-order valence-corrected chi connectivity index (χ1v) is 14.7. The molecule has 0 aromatic heterocycles. The standard InChI is InChI=1S/C29H33Cl2N3O4S/c1-20(2)17-32-29(36)22(4)33(18-23-8-5-6-11-27(23)31)28(35)19-34(25-10-7-9-24(30)16-25)39(37,38)26-14-12-21(3)13-15-26/h5-16,20,22H,17-19H2,1-4H3,(H,32,36)/t22-/m1/s1. The number of carbonyl (C=O) groups is 2. The van der Waals surface area contributed by atoms with Crippen LogP contribution in [0.4, 0.5) is 5.69 Å². The van der Waals surface area contributed by atoms with E-state index in [2.05, 4.69) is 5.32 Å². The third kappa shape index (κ3) is 7.97. The summed E-state index contributed by atoms with van der Waals surface area (Å²) in [6, 6.07) is 18.8. The van der Waals surface area contributed by atoms with E-state index in [-0.39, 0.29) is 29.0 Å². The Morgan fingerprint density at radius 2 is 1.59 bits per heavy atom. The number of carbonyl (C=O) groups excluding carboxylic acids is 2. The fourth-order valence-corrected chi connectivity index (χ4v) is 5.63. The summed E-state index contributed by atoms with van der Waals surface area (Å²) < 4.78 is 28.7. The number of hydrogen-bond acceptors (Lipinski definition) is 4. The molecule has 1 atom stereocenters. The van der Waals surface area contributed by atoms with Crippen molar-refractivity contribution in [3.8, 4) is 0 Å². The first-order valence-electron chi connectivity index (χ1n) is 12.6. The third-order valence-corrected chi connectivity index (χ3v) is 8.53. The van der Waals surface area contributed by atoms with Gasteiger partial charge >= 0.3 is 0 Å². The number of aryl methyl sites for hydroxylation is 1. The highest BCUT2D eigenvalue weighted by Crippen LogP contribution is 2.27. The first kappa shape index (κ1) is 30.5. The van der Waals surface area contributed by atoms with Crippen molar-refractivity contribution in [3.63, 3.8) is 0 Å². The Morgan fingerprint density at radius 1 is 0.923 bits per heavy atom. The van der Waals surface area contributed by atoms with E-state index < -0.39 is 28.5 Å². The number of anilines is 1. The smallest absolute Gasteiger partial charge is 0.264 e. The quantitative estimate of drug-likeness (QED) is 0.311. The van der Waals surface area contributed by atoms with Gasteiger partial charge in [-0.2, -0.15) is 0 Å². The van der Waals surface area contributed by atoms with Crippen molar-refractivity contribution in [2.45, 2.75) is 45.2 Å². The monoisotopic (exact) mass is 589 g/mol. The predicted octanol–water partition coefficient (Wildman–Crippen LogP) is 5.69. The first-order chi connectivity index (χ1) is 18.4. The van der Waals surface area contributed by atoms with Crippen molar-refractivity contribution in [2.24, 2.45) is 5.92 Å². The Labute approximate surface area is 240 Å². The Hall–Kier alpha value is -3.07. The molecular formula is C29H33Cl2N3O4S. The number of rotatable bonds is 11.